The number of ether oxygens (including phenoxy) is 1. The molecule has 1 aromatic heterocycles. The van der Waals surface area contributed by atoms with Gasteiger partial charge in [-0.15, -0.1) is 11.6 Å². The second-order valence-corrected chi connectivity index (χ2v) is 6.08. The smallest absolute Gasteiger partial charge is 0.407 e. The van der Waals surface area contributed by atoms with Gasteiger partial charge in [-0.05, 0) is 38.8 Å². The molecule has 0 radical (unpaired) electrons. The molecule has 5 heteroatoms. The molecule has 0 atom stereocenters. The summed E-state index contributed by atoms with van der Waals surface area (Å²) in [5.74, 6) is 0.375. The van der Waals surface area contributed by atoms with Gasteiger partial charge in [-0.2, -0.15) is 0 Å². The van der Waals surface area contributed by atoms with Crippen molar-refractivity contribution in [1.82, 2.24) is 10.3 Å². The van der Waals surface area contributed by atoms with Crippen molar-refractivity contribution in [3.8, 4) is 0 Å². The number of amides is 1. The van der Waals surface area contributed by atoms with Gasteiger partial charge in [0.05, 0.1) is 12.2 Å². The number of aromatic nitrogens is 1. The van der Waals surface area contributed by atoms with E-state index in [0.29, 0.717) is 12.4 Å². The van der Waals surface area contributed by atoms with E-state index in [9.17, 15) is 4.79 Å². The maximum atomic E-state index is 11.5. The molecule has 1 N–H and O–H groups in total. The Labute approximate surface area is 133 Å². The van der Waals surface area contributed by atoms with E-state index in [2.05, 4.69) is 24.1 Å². The SMILES string of the molecule is CCC.Cc1cnc(CNC(=O)OC(C)(C)C)c(CCl)c1. The summed E-state index contributed by atoms with van der Waals surface area (Å²) in [4.78, 5) is 15.8. The highest BCUT2D eigenvalue weighted by molar-refractivity contribution is 6.17. The van der Waals surface area contributed by atoms with E-state index >= 15 is 0 Å². The largest absolute Gasteiger partial charge is 0.444 e. The van der Waals surface area contributed by atoms with Gasteiger partial charge in [-0.25, -0.2) is 4.79 Å². The fraction of sp³-hybridized carbons (Fsp3) is 0.625. The number of nitrogens with zero attached hydrogens (tertiary/aromatic N) is 1. The van der Waals surface area contributed by atoms with Crippen molar-refractivity contribution in [3.05, 3.63) is 29.1 Å². The summed E-state index contributed by atoms with van der Waals surface area (Å²) in [6.45, 7) is 12.0. The summed E-state index contributed by atoms with van der Waals surface area (Å²) in [6.07, 6.45) is 2.55. The monoisotopic (exact) mass is 314 g/mol. The van der Waals surface area contributed by atoms with Crippen LogP contribution in [0.5, 0.6) is 0 Å². The number of pyridine rings is 1. The van der Waals surface area contributed by atoms with Gasteiger partial charge in [0.1, 0.15) is 5.60 Å². The van der Waals surface area contributed by atoms with Crippen LogP contribution in [0.1, 0.15) is 57.9 Å². The number of halogens is 1. The van der Waals surface area contributed by atoms with Crippen molar-refractivity contribution in [1.29, 1.82) is 0 Å². The Kier molecular flexibility index (Phi) is 9.02. The van der Waals surface area contributed by atoms with Crippen molar-refractivity contribution < 1.29 is 9.53 Å². The number of carbonyl (C=O) groups excluding carboxylic acids is 1. The average Bonchev–Trinajstić information content (AvgIpc) is 2.36. The molecular weight excluding hydrogens is 288 g/mol. The van der Waals surface area contributed by atoms with Crippen LogP contribution in [0.2, 0.25) is 0 Å². The number of carbonyl (C=O) groups is 1. The summed E-state index contributed by atoms with van der Waals surface area (Å²) in [7, 11) is 0. The van der Waals surface area contributed by atoms with E-state index < -0.39 is 11.7 Å². The quantitative estimate of drug-likeness (QED) is 0.831. The predicted molar refractivity (Wildman–Crippen MR) is 87.6 cm³/mol. The van der Waals surface area contributed by atoms with Crippen LogP contribution in [0.4, 0.5) is 4.79 Å². The summed E-state index contributed by atoms with van der Waals surface area (Å²) in [5, 5.41) is 2.67. The molecule has 0 fully saturated rings. The van der Waals surface area contributed by atoms with E-state index in [1.807, 2.05) is 33.8 Å². The maximum absolute atomic E-state index is 11.5. The molecule has 21 heavy (non-hydrogen) atoms. The number of alkyl carbamates (subject to hydrolysis) is 1. The Morgan fingerprint density at radius 2 is 1.95 bits per heavy atom. The zero-order valence-electron chi connectivity index (χ0n) is 13.9. The van der Waals surface area contributed by atoms with Gasteiger partial charge in [0.15, 0.2) is 0 Å². The van der Waals surface area contributed by atoms with Gasteiger partial charge in [-0.3, -0.25) is 4.98 Å². The molecule has 1 heterocycles. The van der Waals surface area contributed by atoms with Crippen molar-refractivity contribution in [2.45, 2.75) is 66.0 Å². The fourth-order valence-electron chi connectivity index (χ4n) is 1.40. The molecule has 0 aliphatic rings. The van der Waals surface area contributed by atoms with Crippen LogP contribution >= 0.6 is 11.6 Å². The van der Waals surface area contributed by atoms with E-state index in [0.717, 1.165) is 16.8 Å². The molecule has 1 amide bonds. The van der Waals surface area contributed by atoms with E-state index in [-0.39, 0.29) is 0 Å². The second kappa shape index (κ2) is 9.61. The normalized spacial score (nSPS) is 10.4. The molecule has 0 saturated carbocycles. The lowest BCUT2D eigenvalue weighted by atomic mass is 10.1. The number of alkyl halides is 1. The second-order valence-electron chi connectivity index (χ2n) is 5.81. The standard InChI is InChI=1S/C13H19ClN2O2.C3H8/c1-9-5-10(6-14)11(15-7-9)8-16-12(17)18-13(2,3)4;1-3-2/h5,7H,6,8H2,1-4H3,(H,16,17);3H2,1-2H3. The highest BCUT2D eigenvalue weighted by Crippen LogP contribution is 2.12. The predicted octanol–water partition coefficient (Wildman–Crippen LogP) is 4.57. The zero-order chi connectivity index (χ0) is 16.5. The molecule has 0 saturated heterocycles. The number of nitrogens with one attached hydrogen (secondary N) is 1. The highest BCUT2D eigenvalue weighted by atomic mass is 35.5. The molecule has 120 valence electrons. The van der Waals surface area contributed by atoms with Gasteiger partial charge in [0.2, 0.25) is 0 Å². The highest BCUT2D eigenvalue weighted by Gasteiger charge is 2.16. The third-order valence-corrected chi connectivity index (χ3v) is 2.43. The van der Waals surface area contributed by atoms with Gasteiger partial charge in [0, 0.05) is 12.1 Å². The molecule has 0 aliphatic heterocycles. The molecular formula is C16H27ClN2O2. The summed E-state index contributed by atoms with van der Waals surface area (Å²) in [5.41, 5.74) is 2.24. The summed E-state index contributed by atoms with van der Waals surface area (Å²) >= 11 is 5.84. The minimum Gasteiger partial charge on any atom is -0.444 e. The van der Waals surface area contributed by atoms with Crippen molar-refractivity contribution in [2.75, 3.05) is 0 Å². The van der Waals surface area contributed by atoms with Gasteiger partial charge in [0.25, 0.3) is 0 Å². The average molecular weight is 315 g/mol. The van der Waals surface area contributed by atoms with E-state index in [4.69, 9.17) is 16.3 Å². The van der Waals surface area contributed by atoms with Crippen molar-refractivity contribution in [3.63, 3.8) is 0 Å². The number of hydrogen-bond donors (Lipinski definition) is 1. The summed E-state index contributed by atoms with van der Waals surface area (Å²) in [6, 6.07) is 1.96. The maximum Gasteiger partial charge on any atom is 0.407 e. The van der Waals surface area contributed by atoms with Crippen LogP contribution in [0.15, 0.2) is 12.3 Å². The number of aryl methyl sites for hydroxylation is 1. The lowest BCUT2D eigenvalue weighted by molar-refractivity contribution is 0.0523. The molecule has 0 aromatic carbocycles. The molecule has 1 aromatic rings. The molecule has 4 nitrogen and oxygen atoms in total. The molecule has 0 bridgehead atoms. The Bertz CT molecular complexity index is 442. The zero-order valence-corrected chi connectivity index (χ0v) is 14.7. The first-order chi connectivity index (χ1) is 9.73. The first-order valence-electron chi connectivity index (χ1n) is 7.20. The lowest BCUT2D eigenvalue weighted by Gasteiger charge is -2.19. The molecule has 0 spiro atoms. The Balaban J connectivity index is 0.00000122. The topological polar surface area (TPSA) is 51.2 Å². The van der Waals surface area contributed by atoms with Gasteiger partial charge >= 0.3 is 6.09 Å². The number of rotatable bonds is 3. The molecule has 1 rings (SSSR count). The van der Waals surface area contributed by atoms with Gasteiger partial charge in [-0.1, -0.05) is 26.3 Å². The van der Waals surface area contributed by atoms with Crippen molar-refractivity contribution in [2.24, 2.45) is 0 Å². The van der Waals surface area contributed by atoms with E-state index in [1.54, 1.807) is 6.20 Å². The third kappa shape index (κ3) is 9.29. The lowest BCUT2D eigenvalue weighted by Crippen LogP contribution is -2.32. The Morgan fingerprint density at radius 1 is 1.38 bits per heavy atom. The van der Waals surface area contributed by atoms with Crippen LogP contribution in [0.3, 0.4) is 0 Å². The van der Waals surface area contributed by atoms with Crippen molar-refractivity contribution >= 4 is 17.7 Å². The van der Waals surface area contributed by atoms with E-state index in [1.165, 1.54) is 6.42 Å². The van der Waals surface area contributed by atoms with Crippen LogP contribution < -0.4 is 5.32 Å². The molecule has 0 aliphatic carbocycles. The molecule has 0 unspecified atom stereocenters. The first-order valence-corrected chi connectivity index (χ1v) is 7.74. The fourth-order valence-corrected chi connectivity index (χ4v) is 1.63. The van der Waals surface area contributed by atoms with Crippen LogP contribution in [0, 0.1) is 6.92 Å². The number of hydrogen-bond acceptors (Lipinski definition) is 3. The van der Waals surface area contributed by atoms with Crippen LogP contribution in [0.25, 0.3) is 0 Å². The third-order valence-electron chi connectivity index (χ3n) is 2.14. The van der Waals surface area contributed by atoms with Crippen LogP contribution in [-0.4, -0.2) is 16.7 Å². The first kappa shape index (κ1) is 19.7. The minimum absolute atomic E-state index is 0.317. The Morgan fingerprint density at radius 3 is 2.43 bits per heavy atom. The Hall–Kier alpha value is -1.29. The summed E-state index contributed by atoms with van der Waals surface area (Å²) < 4.78 is 5.15. The van der Waals surface area contributed by atoms with Gasteiger partial charge < -0.3 is 10.1 Å². The van der Waals surface area contributed by atoms with Crippen LogP contribution in [-0.2, 0) is 17.2 Å². The minimum atomic E-state index is -0.500.